The fraction of sp³-hybridized carbons (Fsp3) is 0.600. The molecule has 1 aromatic carbocycles. The zero-order valence-electron chi connectivity index (χ0n) is 17.6. The summed E-state index contributed by atoms with van der Waals surface area (Å²) in [5.74, 6) is 1.80. The van der Waals surface area contributed by atoms with Gasteiger partial charge >= 0.3 is 6.09 Å². The van der Waals surface area contributed by atoms with Gasteiger partial charge in [0.2, 0.25) is 0 Å². The molecule has 0 radical (unpaired) electrons. The zero-order valence-corrected chi connectivity index (χ0v) is 17.6. The molecule has 0 bridgehead atoms. The molecule has 0 heterocycles. The molecule has 1 aromatic rings. The van der Waals surface area contributed by atoms with Crippen molar-refractivity contribution in [3.05, 3.63) is 29.8 Å². The molecular formula is C20H34N4O3. The van der Waals surface area contributed by atoms with E-state index in [2.05, 4.69) is 22.5 Å². The zero-order chi connectivity index (χ0) is 20.4. The lowest BCUT2D eigenvalue weighted by Crippen LogP contribution is -2.42. The molecule has 1 amide bonds. The Balaban J connectivity index is 2.39. The summed E-state index contributed by atoms with van der Waals surface area (Å²) >= 11 is 0. The number of hydrogen-bond donors (Lipinski definition) is 2. The third-order valence-electron chi connectivity index (χ3n) is 3.75. The molecule has 0 aromatic heterocycles. The minimum Gasteiger partial charge on any atom is -0.497 e. The van der Waals surface area contributed by atoms with Crippen LogP contribution in [0, 0.1) is 5.92 Å². The van der Waals surface area contributed by atoms with E-state index >= 15 is 0 Å². The highest BCUT2D eigenvalue weighted by atomic mass is 16.6. The lowest BCUT2D eigenvalue weighted by Gasteiger charge is -2.26. The minimum atomic E-state index is -0.486. The quantitative estimate of drug-likeness (QED) is 0.564. The molecule has 0 aliphatic rings. The van der Waals surface area contributed by atoms with E-state index in [-0.39, 0.29) is 12.0 Å². The van der Waals surface area contributed by atoms with E-state index in [4.69, 9.17) is 9.47 Å². The first kappa shape index (κ1) is 22.6. The second-order valence-corrected chi connectivity index (χ2v) is 7.62. The number of methoxy groups -OCH3 is 1. The Bertz CT molecular complexity index is 609. The molecule has 2 N–H and O–H groups in total. The van der Waals surface area contributed by atoms with Gasteiger partial charge in [0.05, 0.1) is 7.11 Å². The van der Waals surface area contributed by atoms with Crippen molar-refractivity contribution in [2.75, 3.05) is 34.3 Å². The molecule has 27 heavy (non-hydrogen) atoms. The lowest BCUT2D eigenvalue weighted by molar-refractivity contribution is 0.0278. The van der Waals surface area contributed by atoms with E-state index in [1.54, 1.807) is 26.1 Å². The maximum absolute atomic E-state index is 12.0. The molecule has 1 unspecified atom stereocenters. The Morgan fingerprint density at radius 1 is 1.22 bits per heavy atom. The van der Waals surface area contributed by atoms with Crippen LogP contribution in [0.2, 0.25) is 0 Å². The maximum Gasteiger partial charge on any atom is 0.410 e. The molecule has 7 heteroatoms. The Labute approximate surface area is 163 Å². The van der Waals surface area contributed by atoms with Crippen molar-refractivity contribution in [2.45, 2.75) is 39.8 Å². The summed E-state index contributed by atoms with van der Waals surface area (Å²) < 4.78 is 10.5. The van der Waals surface area contributed by atoms with Gasteiger partial charge in [-0.3, -0.25) is 4.99 Å². The lowest BCUT2D eigenvalue weighted by atomic mass is 10.1. The van der Waals surface area contributed by atoms with Crippen molar-refractivity contribution in [2.24, 2.45) is 10.9 Å². The van der Waals surface area contributed by atoms with Crippen molar-refractivity contribution < 1.29 is 14.3 Å². The van der Waals surface area contributed by atoms with Crippen molar-refractivity contribution >= 4 is 12.1 Å². The average molecular weight is 379 g/mol. The van der Waals surface area contributed by atoms with E-state index in [9.17, 15) is 4.79 Å². The molecule has 0 saturated heterocycles. The molecule has 0 saturated carbocycles. The van der Waals surface area contributed by atoms with Crippen LogP contribution in [0.4, 0.5) is 4.79 Å². The van der Waals surface area contributed by atoms with Crippen LogP contribution >= 0.6 is 0 Å². The van der Waals surface area contributed by atoms with E-state index in [1.165, 1.54) is 0 Å². The molecule has 0 aliphatic heterocycles. The Morgan fingerprint density at radius 2 is 1.85 bits per heavy atom. The van der Waals surface area contributed by atoms with Gasteiger partial charge in [-0.15, -0.1) is 0 Å². The topological polar surface area (TPSA) is 75.2 Å². The third kappa shape index (κ3) is 9.17. The number of carbonyl (C=O) groups is 1. The summed E-state index contributed by atoms with van der Waals surface area (Å²) in [5.41, 5.74) is 0.650. The van der Waals surface area contributed by atoms with Crippen molar-refractivity contribution in [1.82, 2.24) is 15.5 Å². The van der Waals surface area contributed by atoms with Gasteiger partial charge in [-0.25, -0.2) is 4.79 Å². The van der Waals surface area contributed by atoms with Gasteiger partial charge in [-0.2, -0.15) is 0 Å². The highest BCUT2D eigenvalue weighted by Crippen LogP contribution is 2.11. The smallest absolute Gasteiger partial charge is 0.410 e. The van der Waals surface area contributed by atoms with Crippen LogP contribution in [-0.4, -0.2) is 56.8 Å². The van der Waals surface area contributed by atoms with Crippen LogP contribution in [0.5, 0.6) is 5.75 Å². The van der Waals surface area contributed by atoms with Crippen molar-refractivity contribution in [3.8, 4) is 5.75 Å². The van der Waals surface area contributed by atoms with Crippen LogP contribution in [-0.2, 0) is 11.3 Å². The molecule has 152 valence electrons. The first-order chi connectivity index (χ1) is 12.6. The van der Waals surface area contributed by atoms with Crippen molar-refractivity contribution in [1.29, 1.82) is 0 Å². The standard InChI is InChI=1S/C20H34N4O3/c1-15(14-24(6)19(25)27-20(2,3)4)12-22-18(21-5)23-13-16-8-10-17(26-7)11-9-16/h8-11,15H,12-14H2,1-7H3,(H2,21,22,23). The van der Waals surface area contributed by atoms with Crippen LogP contribution in [0.25, 0.3) is 0 Å². The van der Waals surface area contributed by atoms with E-state index in [1.807, 2.05) is 45.0 Å². The van der Waals surface area contributed by atoms with Crippen LogP contribution in [0.15, 0.2) is 29.3 Å². The van der Waals surface area contributed by atoms with E-state index in [0.717, 1.165) is 17.3 Å². The van der Waals surface area contributed by atoms with Gasteiger partial charge in [0, 0.05) is 33.7 Å². The number of nitrogens with zero attached hydrogens (tertiary/aromatic N) is 2. The maximum atomic E-state index is 12.0. The summed E-state index contributed by atoms with van der Waals surface area (Å²) in [4.78, 5) is 17.9. The number of nitrogens with one attached hydrogen (secondary N) is 2. The average Bonchev–Trinajstić information content (AvgIpc) is 2.60. The van der Waals surface area contributed by atoms with Gasteiger partial charge in [-0.05, 0) is 44.4 Å². The number of amides is 1. The number of guanidine groups is 1. The number of benzene rings is 1. The fourth-order valence-corrected chi connectivity index (χ4v) is 2.37. The van der Waals surface area contributed by atoms with Crippen molar-refractivity contribution in [3.63, 3.8) is 0 Å². The van der Waals surface area contributed by atoms with Gasteiger partial charge < -0.3 is 25.0 Å². The molecule has 1 atom stereocenters. The Hall–Kier alpha value is -2.44. The summed E-state index contributed by atoms with van der Waals surface area (Å²) in [5, 5.41) is 6.57. The number of aliphatic imine (C=N–C) groups is 1. The van der Waals surface area contributed by atoms with E-state index < -0.39 is 5.60 Å². The summed E-state index contributed by atoms with van der Waals surface area (Å²) in [6, 6.07) is 7.89. The molecule has 7 nitrogen and oxygen atoms in total. The molecular weight excluding hydrogens is 344 g/mol. The fourth-order valence-electron chi connectivity index (χ4n) is 2.37. The number of rotatable bonds is 7. The number of ether oxygens (including phenoxy) is 2. The van der Waals surface area contributed by atoms with E-state index in [0.29, 0.717) is 19.6 Å². The minimum absolute atomic E-state index is 0.238. The van der Waals surface area contributed by atoms with Gasteiger partial charge in [0.25, 0.3) is 0 Å². The predicted octanol–water partition coefficient (Wildman–Crippen LogP) is 2.86. The summed E-state index contributed by atoms with van der Waals surface area (Å²) in [6.07, 6.45) is -0.309. The van der Waals surface area contributed by atoms with Crippen LogP contribution in [0.1, 0.15) is 33.3 Å². The van der Waals surface area contributed by atoms with Gasteiger partial charge in [-0.1, -0.05) is 19.1 Å². The van der Waals surface area contributed by atoms with Crippen LogP contribution < -0.4 is 15.4 Å². The summed E-state index contributed by atoms with van der Waals surface area (Å²) in [6.45, 7) is 9.61. The second-order valence-electron chi connectivity index (χ2n) is 7.62. The largest absolute Gasteiger partial charge is 0.497 e. The molecule has 0 aliphatic carbocycles. The number of hydrogen-bond acceptors (Lipinski definition) is 4. The highest BCUT2D eigenvalue weighted by Gasteiger charge is 2.20. The summed E-state index contributed by atoms with van der Waals surface area (Å²) in [7, 11) is 5.14. The second kappa shape index (κ2) is 10.6. The molecule has 0 fully saturated rings. The monoisotopic (exact) mass is 378 g/mol. The highest BCUT2D eigenvalue weighted by molar-refractivity contribution is 5.79. The molecule has 1 rings (SSSR count). The third-order valence-corrected chi connectivity index (χ3v) is 3.75. The normalized spacial score (nSPS) is 12.9. The van der Waals surface area contributed by atoms with Crippen LogP contribution in [0.3, 0.4) is 0 Å². The Morgan fingerprint density at radius 3 is 2.37 bits per heavy atom. The first-order valence-corrected chi connectivity index (χ1v) is 9.16. The van der Waals surface area contributed by atoms with Gasteiger partial charge in [0.15, 0.2) is 5.96 Å². The van der Waals surface area contributed by atoms with Gasteiger partial charge in [0.1, 0.15) is 11.4 Å². The SMILES string of the molecule is CN=C(NCc1ccc(OC)cc1)NCC(C)CN(C)C(=O)OC(C)(C)C. The number of carbonyl (C=O) groups excluding carboxylic acids is 1. The Kier molecular flexibility index (Phi) is 8.91. The predicted molar refractivity (Wildman–Crippen MR) is 109 cm³/mol. The molecule has 0 spiro atoms. The first-order valence-electron chi connectivity index (χ1n) is 9.16.